The van der Waals surface area contributed by atoms with Crippen LogP contribution >= 0.6 is 11.6 Å². The van der Waals surface area contributed by atoms with Crippen molar-refractivity contribution in [3.05, 3.63) is 58.4 Å². The highest BCUT2D eigenvalue weighted by atomic mass is 35.5. The van der Waals surface area contributed by atoms with Gasteiger partial charge in [0.1, 0.15) is 5.82 Å². The molecule has 0 heterocycles. The second-order valence-electron chi connectivity index (χ2n) is 6.12. The van der Waals surface area contributed by atoms with Gasteiger partial charge in [0.15, 0.2) is 0 Å². The van der Waals surface area contributed by atoms with E-state index in [0.717, 1.165) is 18.2 Å². The van der Waals surface area contributed by atoms with E-state index in [1.807, 2.05) is 0 Å². The Labute approximate surface area is 167 Å². The molecule has 0 bridgehead atoms. The second kappa shape index (κ2) is 8.68. The number of sulfonamides is 1. The van der Waals surface area contributed by atoms with Crippen molar-refractivity contribution in [1.82, 2.24) is 10.0 Å². The smallest absolute Gasteiger partial charge is 0.258 e. The van der Waals surface area contributed by atoms with Gasteiger partial charge in [-0.3, -0.25) is 9.59 Å². The quantitative estimate of drug-likeness (QED) is 0.659. The third-order valence-corrected chi connectivity index (χ3v) is 5.30. The van der Waals surface area contributed by atoms with Crippen LogP contribution in [0.5, 0.6) is 0 Å². The molecule has 0 unspecified atom stereocenters. The summed E-state index contributed by atoms with van der Waals surface area (Å²) in [4.78, 5) is 24.6. The number of anilines is 1. The molecule has 2 amide bonds. The number of halogens is 2. The maximum Gasteiger partial charge on any atom is 0.258 e. The first-order chi connectivity index (χ1) is 13.0. The summed E-state index contributed by atoms with van der Waals surface area (Å²) in [6.07, 6.45) is 0. The van der Waals surface area contributed by atoms with Gasteiger partial charge in [-0.05, 0) is 57.3 Å². The minimum Gasteiger partial charge on any atom is -0.350 e. The lowest BCUT2D eigenvalue weighted by Crippen LogP contribution is -2.31. The van der Waals surface area contributed by atoms with Crippen LogP contribution in [0.25, 0.3) is 0 Å². The lowest BCUT2D eigenvalue weighted by molar-refractivity contribution is 0.0944. The molecule has 3 N–H and O–H groups in total. The van der Waals surface area contributed by atoms with Gasteiger partial charge in [-0.25, -0.2) is 17.5 Å². The Morgan fingerprint density at radius 2 is 1.71 bits per heavy atom. The first-order valence-corrected chi connectivity index (χ1v) is 10.1. The lowest BCUT2D eigenvalue weighted by Gasteiger charge is -2.14. The van der Waals surface area contributed by atoms with Crippen LogP contribution in [0.3, 0.4) is 0 Å². The van der Waals surface area contributed by atoms with E-state index in [9.17, 15) is 22.4 Å². The highest BCUT2D eigenvalue weighted by Crippen LogP contribution is 2.23. The van der Waals surface area contributed by atoms with E-state index in [2.05, 4.69) is 15.4 Å². The van der Waals surface area contributed by atoms with E-state index in [-0.39, 0.29) is 27.2 Å². The van der Waals surface area contributed by atoms with Crippen LogP contribution in [0, 0.1) is 5.82 Å². The van der Waals surface area contributed by atoms with Gasteiger partial charge < -0.3 is 10.6 Å². The standard InChI is InChI=1S/C18H19ClFN3O4S/c1-10(2)22-17(24)13-6-4-11(19)8-16(13)23-18(25)14-9-12(5-7-15(14)20)28(26,27)21-3/h4-10,21H,1-3H3,(H,22,24)(H,23,25). The minimum atomic E-state index is -3.87. The molecular weight excluding hydrogens is 409 g/mol. The molecule has 7 nitrogen and oxygen atoms in total. The summed E-state index contributed by atoms with van der Waals surface area (Å²) in [6, 6.07) is 6.94. The summed E-state index contributed by atoms with van der Waals surface area (Å²) in [5, 5.41) is 5.36. The fourth-order valence-electron chi connectivity index (χ4n) is 2.31. The first-order valence-electron chi connectivity index (χ1n) is 8.20. The van der Waals surface area contributed by atoms with E-state index >= 15 is 0 Å². The van der Waals surface area contributed by atoms with Crippen LogP contribution in [-0.2, 0) is 10.0 Å². The third kappa shape index (κ3) is 5.06. The molecular formula is C18H19ClFN3O4S. The highest BCUT2D eigenvalue weighted by molar-refractivity contribution is 7.89. The zero-order valence-electron chi connectivity index (χ0n) is 15.3. The monoisotopic (exact) mass is 427 g/mol. The Bertz CT molecular complexity index is 1030. The topological polar surface area (TPSA) is 104 Å². The van der Waals surface area contributed by atoms with Gasteiger partial charge in [-0.15, -0.1) is 0 Å². The summed E-state index contributed by atoms with van der Waals surface area (Å²) in [7, 11) is -2.67. The largest absolute Gasteiger partial charge is 0.350 e. The predicted molar refractivity (Wildman–Crippen MR) is 105 cm³/mol. The van der Waals surface area contributed by atoms with Gasteiger partial charge in [0.05, 0.1) is 21.7 Å². The third-order valence-electron chi connectivity index (χ3n) is 3.66. The van der Waals surface area contributed by atoms with Crippen molar-refractivity contribution in [2.75, 3.05) is 12.4 Å². The van der Waals surface area contributed by atoms with Crippen molar-refractivity contribution in [3.63, 3.8) is 0 Å². The van der Waals surface area contributed by atoms with Gasteiger partial charge >= 0.3 is 0 Å². The molecule has 0 aromatic heterocycles. The summed E-state index contributed by atoms with van der Waals surface area (Å²) >= 11 is 5.95. The van der Waals surface area contributed by atoms with Gasteiger partial charge in [0.2, 0.25) is 10.0 Å². The Morgan fingerprint density at radius 1 is 1.04 bits per heavy atom. The Kier molecular flexibility index (Phi) is 6.76. The summed E-state index contributed by atoms with van der Waals surface area (Å²) < 4.78 is 40.0. The van der Waals surface area contributed by atoms with Crippen LogP contribution < -0.4 is 15.4 Å². The van der Waals surface area contributed by atoms with E-state index in [1.165, 1.54) is 25.2 Å². The molecule has 150 valence electrons. The molecule has 28 heavy (non-hydrogen) atoms. The maximum atomic E-state index is 14.1. The molecule has 0 aliphatic heterocycles. The van der Waals surface area contributed by atoms with Crippen molar-refractivity contribution in [1.29, 1.82) is 0 Å². The van der Waals surface area contributed by atoms with Gasteiger partial charge in [-0.1, -0.05) is 11.6 Å². The molecule has 0 radical (unpaired) electrons. The number of rotatable bonds is 6. The van der Waals surface area contributed by atoms with E-state index in [0.29, 0.717) is 0 Å². The van der Waals surface area contributed by atoms with Crippen molar-refractivity contribution in [2.45, 2.75) is 24.8 Å². The number of nitrogens with one attached hydrogen (secondary N) is 3. The molecule has 2 rings (SSSR count). The fraction of sp³-hybridized carbons (Fsp3) is 0.222. The van der Waals surface area contributed by atoms with Crippen LogP contribution in [0.1, 0.15) is 34.6 Å². The molecule has 0 spiro atoms. The summed E-state index contributed by atoms with van der Waals surface area (Å²) in [6.45, 7) is 3.55. The molecule has 0 atom stereocenters. The van der Waals surface area contributed by atoms with E-state index in [1.54, 1.807) is 13.8 Å². The number of carbonyl (C=O) groups excluding carboxylic acids is 2. The second-order valence-corrected chi connectivity index (χ2v) is 8.44. The van der Waals surface area contributed by atoms with E-state index < -0.39 is 33.2 Å². The number of amides is 2. The minimum absolute atomic E-state index is 0.0666. The molecule has 0 aliphatic rings. The van der Waals surface area contributed by atoms with Crippen LogP contribution in [0.4, 0.5) is 10.1 Å². The van der Waals surface area contributed by atoms with Crippen molar-refractivity contribution in [3.8, 4) is 0 Å². The molecule has 0 aliphatic carbocycles. The Morgan fingerprint density at radius 3 is 2.32 bits per heavy atom. The number of benzene rings is 2. The van der Waals surface area contributed by atoms with Crippen molar-refractivity contribution >= 4 is 39.1 Å². The van der Waals surface area contributed by atoms with E-state index in [4.69, 9.17) is 11.6 Å². The Hall–Kier alpha value is -2.49. The van der Waals surface area contributed by atoms with Crippen LogP contribution in [-0.4, -0.2) is 33.3 Å². The molecule has 2 aromatic rings. The molecule has 0 fully saturated rings. The van der Waals surface area contributed by atoms with Crippen LogP contribution in [0.2, 0.25) is 5.02 Å². The lowest BCUT2D eigenvalue weighted by atomic mass is 10.1. The molecule has 10 heteroatoms. The normalized spacial score (nSPS) is 11.4. The highest BCUT2D eigenvalue weighted by Gasteiger charge is 2.20. The molecule has 2 aromatic carbocycles. The summed E-state index contributed by atoms with van der Waals surface area (Å²) in [5.74, 6) is -2.29. The summed E-state index contributed by atoms with van der Waals surface area (Å²) in [5.41, 5.74) is -0.297. The van der Waals surface area contributed by atoms with Crippen molar-refractivity contribution in [2.24, 2.45) is 0 Å². The first kappa shape index (κ1) is 21.8. The van der Waals surface area contributed by atoms with Gasteiger partial charge in [-0.2, -0.15) is 0 Å². The van der Waals surface area contributed by atoms with Crippen LogP contribution in [0.15, 0.2) is 41.3 Å². The molecule has 0 saturated heterocycles. The average molecular weight is 428 g/mol. The molecule has 0 saturated carbocycles. The zero-order valence-corrected chi connectivity index (χ0v) is 16.9. The zero-order chi connectivity index (χ0) is 21.1. The number of hydrogen-bond donors (Lipinski definition) is 3. The SMILES string of the molecule is CNS(=O)(=O)c1ccc(F)c(C(=O)Nc2cc(Cl)ccc2C(=O)NC(C)C)c1. The van der Waals surface area contributed by atoms with Crippen molar-refractivity contribution < 1.29 is 22.4 Å². The number of carbonyl (C=O) groups is 2. The predicted octanol–water partition coefficient (Wildman–Crippen LogP) is 2.78. The maximum absolute atomic E-state index is 14.1. The fourth-order valence-corrected chi connectivity index (χ4v) is 3.24. The number of hydrogen-bond acceptors (Lipinski definition) is 4. The average Bonchev–Trinajstić information content (AvgIpc) is 2.61. The van der Waals surface area contributed by atoms with Gasteiger partial charge in [0.25, 0.3) is 11.8 Å². The van der Waals surface area contributed by atoms with Gasteiger partial charge in [0, 0.05) is 11.1 Å². The Balaban J connectivity index is 2.42.